The fourth-order valence-electron chi connectivity index (χ4n) is 4.01. The molecule has 1 aromatic heterocycles. The third kappa shape index (κ3) is 4.59. The Labute approximate surface area is 208 Å². The summed E-state index contributed by atoms with van der Waals surface area (Å²) in [6, 6.07) is 9.81. The zero-order valence-corrected chi connectivity index (χ0v) is 21.7. The number of carbonyl (C=O) groups is 1. The summed E-state index contributed by atoms with van der Waals surface area (Å²) in [5.74, 6) is 0.572. The zero-order valence-electron chi connectivity index (χ0n) is 19.3. The number of amides is 1. The summed E-state index contributed by atoms with van der Waals surface area (Å²) in [4.78, 5) is 21.9. The molecule has 182 valence electrons. The van der Waals surface area contributed by atoms with Crippen LogP contribution in [-0.2, 0) is 10.0 Å². The molecule has 0 aliphatic carbocycles. The fraction of sp³-hybridized carbons (Fsp3) is 0.391. The Morgan fingerprint density at radius 1 is 1.09 bits per heavy atom. The van der Waals surface area contributed by atoms with Gasteiger partial charge in [0.15, 0.2) is 5.13 Å². The number of benzene rings is 2. The van der Waals surface area contributed by atoms with Crippen LogP contribution in [0.15, 0.2) is 41.3 Å². The van der Waals surface area contributed by atoms with E-state index in [1.165, 1.54) is 27.8 Å². The number of hydrogen-bond donors (Lipinski definition) is 0. The van der Waals surface area contributed by atoms with Gasteiger partial charge in [-0.3, -0.25) is 4.79 Å². The number of rotatable bonds is 7. The number of ether oxygens (including phenoxy) is 1. The molecular weight excluding hydrogens is 496 g/mol. The minimum Gasteiger partial charge on any atom is -0.494 e. The van der Waals surface area contributed by atoms with E-state index in [1.807, 2.05) is 6.07 Å². The average Bonchev–Trinajstić information content (AvgIpc) is 3.31. The van der Waals surface area contributed by atoms with Crippen LogP contribution < -0.4 is 9.64 Å². The highest BCUT2D eigenvalue weighted by atomic mass is 35.5. The van der Waals surface area contributed by atoms with Gasteiger partial charge >= 0.3 is 0 Å². The lowest BCUT2D eigenvalue weighted by molar-refractivity contribution is 0.0746. The summed E-state index contributed by atoms with van der Waals surface area (Å²) in [5.41, 5.74) is 1.22. The summed E-state index contributed by atoms with van der Waals surface area (Å²) < 4.78 is 33.0. The van der Waals surface area contributed by atoms with Gasteiger partial charge in [0.2, 0.25) is 10.0 Å². The Balaban J connectivity index is 1.44. The topological polar surface area (TPSA) is 83.1 Å². The number of carbonyl (C=O) groups excluding carboxylic acids is 1. The Bertz CT molecular complexity index is 1280. The van der Waals surface area contributed by atoms with E-state index in [2.05, 4.69) is 4.90 Å². The second kappa shape index (κ2) is 10.1. The molecule has 3 aromatic rings. The molecule has 0 atom stereocenters. The van der Waals surface area contributed by atoms with Crippen LogP contribution in [-0.4, -0.2) is 74.9 Å². The van der Waals surface area contributed by atoms with Crippen LogP contribution in [0.3, 0.4) is 0 Å². The maximum Gasteiger partial charge on any atom is 0.253 e. The van der Waals surface area contributed by atoms with Gasteiger partial charge in [0, 0.05) is 44.8 Å². The van der Waals surface area contributed by atoms with Crippen molar-refractivity contribution in [2.45, 2.75) is 18.7 Å². The minimum atomic E-state index is -3.55. The lowest BCUT2D eigenvalue weighted by Crippen LogP contribution is -2.48. The number of sulfonamides is 1. The summed E-state index contributed by atoms with van der Waals surface area (Å²) in [7, 11) is -1.94. The molecule has 8 nitrogen and oxygen atoms in total. The standard InChI is InChI=1S/C23H27ClN4O4S2/c1-4-28(5-2)34(30,31)17-8-6-16(7-9-17)22(29)26-12-14-27(15-13-26)23-25-20-19(32-3)11-10-18(24)21(20)33-23/h6-11H,4-5,12-15H2,1-3H3. The summed E-state index contributed by atoms with van der Waals surface area (Å²) in [6.45, 7) is 6.77. The van der Waals surface area contributed by atoms with E-state index in [4.69, 9.17) is 21.3 Å². The lowest BCUT2D eigenvalue weighted by Gasteiger charge is -2.34. The Hall–Kier alpha value is -2.40. The average molecular weight is 523 g/mol. The Kier molecular flexibility index (Phi) is 7.32. The van der Waals surface area contributed by atoms with Crippen molar-refractivity contribution in [3.63, 3.8) is 0 Å². The van der Waals surface area contributed by atoms with Crippen LogP contribution >= 0.6 is 22.9 Å². The van der Waals surface area contributed by atoms with Crippen molar-refractivity contribution in [1.29, 1.82) is 0 Å². The molecule has 1 aliphatic rings. The van der Waals surface area contributed by atoms with Crippen LogP contribution in [0.25, 0.3) is 10.2 Å². The van der Waals surface area contributed by atoms with E-state index in [0.29, 0.717) is 55.6 Å². The fourth-order valence-corrected chi connectivity index (χ4v) is 6.77. The van der Waals surface area contributed by atoms with Gasteiger partial charge in [-0.25, -0.2) is 13.4 Å². The van der Waals surface area contributed by atoms with Crippen molar-refractivity contribution in [3.05, 3.63) is 47.0 Å². The predicted octanol–water partition coefficient (Wildman–Crippen LogP) is 3.95. The maximum absolute atomic E-state index is 13.0. The molecule has 11 heteroatoms. The van der Waals surface area contributed by atoms with Gasteiger partial charge in [0.25, 0.3) is 5.91 Å². The zero-order chi connectivity index (χ0) is 24.5. The summed E-state index contributed by atoms with van der Waals surface area (Å²) >= 11 is 7.86. The molecular formula is C23H27ClN4O4S2. The van der Waals surface area contributed by atoms with E-state index in [9.17, 15) is 13.2 Å². The normalized spacial score (nSPS) is 14.7. The number of piperazine rings is 1. The van der Waals surface area contributed by atoms with E-state index >= 15 is 0 Å². The largest absolute Gasteiger partial charge is 0.494 e. The summed E-state index contributed by atoms with van der Waals surface area (Å²) in [5, 5.41) is 1.49. The van der Waals surface area contributed by atoms with Crippen LogP contribution in [0, 0.1) is 0 Å². The number of aromatic nitrogens is 1. The minimum absolute atomic E-state index is 0.111. The number of methoxy groups -OCH3 is 1. The van der Waals surface area contributed by atoms with Crippen molar-refractivity contribution >= 4 is 54.2 Å². The van der Waals surface area contributed by atoms with E-state index < -0.39 is 10.0 Å². The molecule has 0 bridgehead atoms. The molecule has 0 saturated carbocycles. The molecule has 2 heterocycles. The molecule has 4 rings (SSSR count). The molecule has 1 amide bonds. The third-order valence-electron chi connectivity index (χ3n) is 5.95. The van der Waals surface area contributed by atoms with Crippen molar-refractivity contribution in [2.24, 2.45) is 0 Å². The molecule has 0 N–H and O–H groups in total. The molecule has 1 aliphatic heterocycles. The number of hydrogen-bond acceptors (Lipinski definition) is 7. The number of halogens is 1. The molecule has 2 aromatic carbocycles. The van der Waals surface area contributed by atoms with Gasteiger partial charge in [-0.1, -0.05) is 36.8 Å². The quantitative estimate of drug-likeness (QED) is 0.467. The van der Waals surface area contributed by atoms with Crippen LogP contribution in [0.4, 0.5) is 5.13 Å². The van der Waals surface area contributed by atoms with Gasteiger partial charge in [0.1, 0.15) is 11.3 Å². The highest BCUT2D eigenvalue weighted by molar-refractivity contribution is 7.89. The van der Waals surface area contributed by atoms with Gasteiger partial charge in [-0.2, -0.15) is 4.31 Å². The smallest absolute Gasteiger partial charge is 0.253 e. The molecule has 34 heavy (non-hydrogen) atoms. The first-order chi connectivity index (χ1) is 16.3. The highest BCUT2D eigenvalue weighted by Gasteiger charge is 2.26. The molecule has 1 saturated heterocycles. The molecule has 0 unspecified atom stereocenters. The predicted molar refractivity (Wildman–Crippen MR) is 136 cm³/mol. The van der Waals surface area contributed by atoms with Crippen molar-refractivity contribution in [1.82, 2.24) is 14.2 Å². The van der Waals surface area contributed by atoms with Crippen molar-refractivity contribution in [3.8, 4) is 5.75 Å². The number of anilines is 1. The molecule has 0 spiro atoms. The highest BCUT2D eigenvalue weighted by Crippen LogP contribution is 2.38. The van der Waals surface area contributed by atoms with Gasteiger partial charge in [-0.15, -0.1) is 0 Å². The van der Waals surface area contributed by atoms with E-state index in [1.54, 1.807) is 44.1 Å². The Morgan fingerprint density at radius 2 is 1.74 bits per heavy atom. The SMILES string of the molecule is CCN(CC)S(=O)(=O)c1ccc(C(=O)N2CCN(c3nc4c(OC)ccc(Cl)c4s3)CC2)cc1. The van der Waals surface area contributed by atoms with Gasteiger partial charge in [-0.05, 0) is 36.4 Å². The first-order valence-electron chi connectivity index (χ1n) is 11.1. The number of thiazole rings is 1. The van der Waals surface area contributed by atoms with Gasteiger partial charge in [0.05, 0.1) is 21.7 Å². The molecule has 1 fully saturated rings. The Morgan fingerprint density at radius 3 is 2.32 bits per heavy atom. The van der Waals surface area contributed by atoms with Crippen LogP contribution in [0.5, 0.6) is 5.75 Å². The molecule has 0 radical (unpaired) electrons. The number of nitrogens with zero attached hydrogens (tertiary/aromatic N) is 4. The first kappa shape index (κ1) is 24.7. The maximum atomic E-state index is 13.0. The van der Waals surface area contributed by atoms with Gasteiger partial charge < -0.3 is 14.5 Å². The summed E-state index contributed by atoms with van der Waals surface area (Å²) in [6.07, 6.45) is 0. The first-order valence-corrected chi connectivity index (χ1v) is 13.7. The van der Waals surface area contributed by atoms with Crippen molar-refractivity contribution in [2.75, 3.05) is 51.3 Å². The number of fused-ring (bicyclic) bond motifs is 1. The van der Waals surface area contributed by atoms with Crippen molar-refractivity contribution < 1.29 is 17.9 Å². The second-order valence-electron chi connectivity index (χ2n) is 7.82. The van der Waals surface area contributed by atoms with E-state index in [0.717, 1.165) is 15.3 Å². The lowest BCUT2D eigenvalue weighted by atomic mass is 10.2. The van der Waals surface area contributed by atoms with Crippen LogP contribution in [0.1, 0.15) is 24.2 Å². The van der Waals surface area contributed by atoms with Crippen LogP contribution in [0.2, 0.25) is 5.02 Å². The van der Waals surface area contributed by atoms with E-state index in [-0.39, 0.29) is 10.8 Å². The monoisotopic (exact) mass is 522 g/mol. The third-order valence-corrected chi connectivity index (χ3v) is 9.59. The second-order valence-corrected chi connectivity index (χ2v) is 11.1.